The molecular formula is C12H21N3. The Hall–Kier alpha value is -1.35. The Balaban J connectivity index is 4.35. The van der Waals surface area contributed by atoms with E-state index in [-0.39, 0.29) is 0 Å². The van der Waals surface area contributed by atoms with Crippen molar-refractivity contribution in [3.05, 3.63) is 36.7 Å². The van der Waals surface area contributed by atoms with Crippen LogP contribution in [0.2, 0.25) is 0 Å². The van der Waals surface area contributed by atoms with E-state index >= 15 is 0 Å². The van der Waals surface area contributed by atoms with Gasteiger partial charge in [-0.25, -0.2) is 0 Å². The number of nitrogens with zero attached hydrogens (tertiary/aromatic N) is 1. The molecule has 1 atom stereocenters. The van der Waals surface area contributed by atoms with E-state index in [0.29, 0.717) is 12.6 Å². The van der Waals surface area contributed by atoms with E-state index in [4.69, 9.17) is 5.73 Å². The van der Waals surface area contributed by atoms with Gasteiger partial charge in [0.15, 0.2) is 0 Å². The van der Waals surface area contributed by atoms with Gasteiger partial charge in [-0.3, -0.25) is 4.99 Å². The normalized spacial score (nSPS) is 13.9. The molecule has 0 aromatic rings. The fourth-order valence-electron chi connectivity index (χ4n) is 0.958. The van der Waals surface area contributed by atoms with Crippen LogP contribution in [-0.2, 0) is 0 Å². The minimum absolute atomic E-state index is 0.350. The molecule has 0 aromatic heterocycles. The number of aliphatic imine (C=N–C) groups is 1. The van der Waals surface area contributed by atoms with Crippen LogP contribution in [0, 0.1) is 0 Å². The fraction of sp³-hybridized carbons (Fsp3) is 0.417. The molecule has 0 amide bonds. The first-order valence-corrected chi connectivity index (χ1v) is 5.09. The second-order valence-electron chi connectivity index (χ2n) is 3.47. The minimum Gasteiger partial charge on any atom is -0.387 e. The van der Waals surface area contributed by atoms with E-state index in [1.54, 1.807) is 12.3 Å². The molecule has 0 rings (SSSR count). The zero-order chi connectivity index (χ0) is 11.7. The van der Waals surface area contributed by atoms with Gasteiger partial charge in [0.25, 0.3) is 0 Å². The maximum Gasteiger partial charge on any atom is 0.0809 e. The van der Waals surface area contributed by atoms with Crippen molar-refractivity contribution in [1.82, 2.24) is 5.32 Å². The van der Waals surface area contributed by atoms with Crippen molar-refractivity contribution < 1.29 is 0 Å². The zero-order valence-corrected chi connectivity index (χ0v) is 9.66. The lowest BCUT2D eigenvalue weighted by Gasteiger charge is -2.11. The van der Waals surface area contributed by atoms with Gasteiger partial charge in [-0.05, 0) is 32.4 Å². The standard InChI is InChI=1S/C12H21N3/c1-5-8-14-12(10(2)3)9-15-11(4)6-7-13/h5,8-9,11,15H,1-2,6-7,13H2,3-4H3/b12-9-,14-8-. The third kappa shape index (κ3) is 6.69. The summed E-state index contributed by atoms with van der Waals surface area (Å²) in [6, 6.07) is 0.350. The Labute approximate surface area is 92.5 Å². The number of hydrogen-bond donors (Lipinski definition) is 2. The number of nitrogens with two attached hydrogens (primary N) is 1. The van der Waals surface area contributed by atoms with Gasteiger partial charge in [-0.15, -0.1) is 0 Å². The van der Waals surface area contributed by atoms with Gasteiger partial charge in [0, 0.05) is 18.5 Å². The molecule has 0 radical (unpaired) electrons. The van der Waals surface area contributed by atoms with Crippen molar-refractivity contribution in [3.8, 4) is 0 Å². The van der Waals surface area contributed by atoms with Crippen LogP contribution in [0.5, 0.6) is 0 Å². The molecule has 84 valence electrons. The third-order valence-corrected chi connectivity index (χ3v) is 1.86. The van der Waals surface area contributed by atoms with Crippen LogP contribution < -0.4 is 11.1 Å². The lowest BCUT2D eigenvalue weighted by molar-refractivity contribution is 0.593. The SMILES string of the molecule is C=C/C=N\C(=C/NC(C)CCN)C(=C)C. The highest BCUT2D eigenvalue weighted by molar-refractivity contribution is 5.71. The summed E-state index contributed by atoms with van der Waals surface area (Å²) in [7, 11) is 0. The molecule has 0 bridgehead atoms. The van der Waals surface area contributed by atoms with E-state index < -0.39 is 0 Å². The molecule has 3 nitrogen and oxygen atoms in total. The highest BCUT2D eigenvalue weighted by Crippen LogP contribution is 2.06. The predicted molar refractivity (Wildman–Crippen MR) is 67.9 cm³/mol. The smallest absolute Gasteiger partial charge is 0.0809 e. The molecule has 0 fully saturated rings. The lowest BCUT2D eigenvalue weighted by Crippen LogP contribution is -2.24. The molecule has 0 heterocycles. The fourth-order valence-corrected chi connectivity index (χ4v) is 0.958. The van der Waals surface area contributed by atoms with Crippen molar-refractivity contribution in [2.24, 2.45) is 10.7 Å². The average Bonchev–Trinajstić information content (AvgIpc) is 2.17. The van der Waals surface area contributed by atoms with Crippen molar-refractivity contribution in [3.63, 3.8) is 0 Å². The Morgan fingerprint density at radius 3 is 2.73 bits per heavy atom. The van der Waals surface area contributed by atoms with Crippen LogP contribution >= 0.6 is 0 Å². The predicted octanol–water partition coefficient (Wildman–Crippen LogP) is 1.99. The lowest BCUT2D eigenvalue weighted by atomic mass is 10.2. The summed E-state index contributed by atoms with van der Waals surface area (Å²) in [5.74, 6) is 0. The second-order valence-corrected chi connectivity index (χ2v) is 3.47. The quantitative estimate of drug-likeness (QED) is 0.495. The number of hydrogen-bond acceptors (Lipinski definition) is 3. The Bertz CT molecular complexity index is 264. The number of allylic oxidation sites excluding steroid dienone is 2. The van der Waals surface area contributed by atoms with E-state index in [0.717, 1.165) is 17.7 Å². The molecule has 0 saturated carbocycles. The summed E-state index contributed by atoms with van der Waals surface area (Å²) in [6.45, 7) is 12.1. The summed E-state index contributed by atoms with van der Waals surface area (Å²) in [5.41, 5.74) is 7.20. The molecular weight excluding hydrogens is 186 g/mol. The van der Waals surface area contributed by atoms with Gasteiger partial charge >= 0.3 is 0 Å². The Kier molecular flexibility index (Phi) is 7.28. The first-order valence-electron chi connectivity index (χ1n) is 5.09. The van der Waals surface area contributed by atoms with Gasteiger partial charge in [0.05, 0.1) is 5.70 Å². The average molecular weight is 207 g/mol. The van der Waals surface area contributed by atoms with Gasteiger partial charge in [-0.2, -0.15) is 0 Å². The number of nitrogens with one attached hydrogen (secondary N) is 1. The molecule has 0 saturated heterocycles. The van der Waals surface area contributed by atoms with Crippen LogP contribution in [0.1, 0.15) is 20.3 Å². The van der Waals surface area contributed by atoms with Gasteiger partial charge in [0.2, 0.25) is 0 Å². The monoisotopic (exact) mass is 207 g/mol. The number of rotatable bonds is 7. The summed E-state index contributed by atoms with van der Waals surface area (Å²) in [5, 5.41) is 3.22. The molecule has 0 aliphatic rings. The molecule has 1 unspecified atom stereocenters. The van der Waals surface area contributed by atoms with E-state index in [9.17, 15) is 0 Å². The maximum atomic E-state index is 5.45. The summed E-state index contributed by atoms with van der Waals surface area (Å²) >= 11 is 0. The van der Waals surface area contributed by atoms with Gasteiger partial charge in [0.1, 0.15) is 0 Å². The molecule has 0 aliphatic heterocycles. The van der Waals surface area contributed by atoms with Gasteiger partial charge < -0.3 is 11.1 Å². The summed E-state index contributed by atoms with van der Waals surface area (Å²) in [4.78, 5) is 4.20. The van der Waals surface area contributed by atoms with Crippen LogP contribution in [0.15, 0.2) is 41.7 Å². The van der Waals surface area contributed by atoms with Crippen molar-refractivity contribution in [2.45, 2.75) is 26.3 Å². The molecule has 15 heavy (non-hydrogen) atoms. The summed E-state index contributed by atoms with van der Waals surface area (Å²) in [6.07, 6.45) is 6.09. The van der Waals surface area contributed by atoms with Gasteiger partial charge in [-0.1, -0.05) is 19.2 Å². The Morgan fingerprint density at radius 2 is 2.27 bits per heavy atom. The maximum absolute atomic E-state index is 5.45. The largest absolute Gasteiger partial charge is 0.387 e. The van der Waals surface area contributed by atoms with E-state index in [1.807, 2.05) is 13.1 Å². The highest BCUT2D eigenvalue weighted by Gasteiger charge is 1.98. The first-order chi connectivity index (χ1) is 7.11. The first kappa shape index (κ1) is 13.7. The van der Waals surface area contributed by atoms with Crippen molar-refractivity contribution >= 4 is 6.21 Å². The Morgan fingerprint density at radius 1 is 1.60 bits per heavy atom. The van der Waals surface area contributed by atoms with E-state index in [1.165, 1.54) is 0 Å². The molecule has 0 aromatic carbocycles. The van der Waals surface area contributed by atoms with Crippen molar-refractivity contribution in [1.29, 1.82) is 0 Å². The van der Waals surface area contributed by atoms with E-state index in [2.05, 4.69) is 30.4 Å². The zero-order valence-electron chi connectivity index (χ0n) is 9.66. The molecule has 0 aliphatic carbocycles. The van der Waals surface area contributed by atoms with Crippen LogP contribution in [0.25, 0.3) is 0 Å². The topological polar surface area (TPSA) is 50.4 Å². The van der Waals surface area contributed by atoms with Crippen LogP contribution in [0.4, 0.5) is 0 Å². The second kappa shape index (κ2) is 8.00. The minimum atomic E-state index is 0.350. The summed E-state index contributed by atoms with van der Waals surface area (Å²) < 4.78 is 0. The van der Waals surface area contributed by atoms with Crippen LogP contribution in [-0.4, -0.2) is 18.8 Å². The third-order valence-electron chi connectivity index (χ3n) is 1.86. The molecule has 3 heteroatoms. The molecule has 0 spiro atoms. The highest BCUT2D eigenvalue weighted by atomic mass is 14.9. The van der Waals surface area contributed by atoms with Crippen molar-refractivity contribution in [2.75, 3.05) is 6.54 Å². The van der Waals surface area contributed by atoms with Crippen LogP contribution in [0.3, 0.4) is 0 Å². The molecule has 3 N–H and O–H groups in total.